The van der Waals surface area contributed by atoms with E-state index in [4.69, 9.17) is 5.73 Å². The van der Waals surface area contributed by atoms with Crippen molar-refractivity contribution < 1.29 is 4.79 Å². The summed E-state index contributed by atoms with van der Waals surface area (Å²) in [5.74, 6) is 0.598. The lowest BCUT2D eigenvalue weighted by atomic mass is 10.1. The number of carbonyl (C=O) groups is 1. The third-order valence-corrected chi connectivity index (χ3v) is 1.80. The van der Waals surface area contributed by atoms with Gasteiger partial charge in [-0.3, -0.25) is 4.79 Å². The lowest BCUT2D eigenvalue weighted by Gasteiger charge is -2.10. The molecular formula is C9H20N2O. The van der Waals surface area contributed by atoms with Crippen LogP contribution in [0.2, 0.25) is 0 Å². The summed E-state index contributed by atoms with van der Waals surface area (Å²) in [6, 6.07) is -0.336. The molecule has 0 aromatic rings. The number of nitrogens with one attached hydrogen (secondary N) is 1. The maximum atomic E-state index is 11.1. The van der Waals surface area contributed by atoms with Gasteiger partial charge in [0, 0.05) is 6.54 Å². The predicted molar refractivity (Wildman–Crippen MR) is 50.7 cm³/mol. The van der Waals surface area contributed by atoms with Gasteiger partial charge in [-0.25, -0.2) is 0 Å². The molecule has 0 bridgehead atoms. The molecule has 3 nitrogen and oxygen atoms in total. The van der Waals surface area contributed by atoms with Gasteiger partial charge in [-0.05, 0) is 18.8 Å². The minimum Gasteiger partial charge on any atom is -0.355 e. The molecule has 0 fully saturated rings. The third-order valence-electron chi connectivity index (χ3n) is 1.80. The quantitative estimate of drug-likeness (QED) is 0.647. The second-order valence-electron chi connectivity index (χ2n) is 3.49. The molecule has 0 aliphatic heterocycles. The Morgan fingerprint density at radius 1 is 1.50 bits per heavy atom. The first-order chi connectivity index (χ1) is 5.57. The average molecular weight is 172 g/mol. The summed E-state index contributed by atoms with van der Waals surface area (Å²) in [4.78, 5) is 11.1. The molecule has 0 unspecified atom stereocenters. The predicted octanol–water partition coefficient (Wildman–Crippen LogP) is 0.886. The fourth-order valence-electron chi connectivity index (χ4n) is 0.801. The Morgan fingerprint density at radius 2 is 2.08 bits per heavy atom. The van der Waals surface area contributed by atoms with Gasteiger partial charge in [0.1, 0.15) is 0 Å². The zero-order valence-corrected chi connectivity index (χ0v) is 8.26. The van der Waals surface area contributed by atoms with E-state index in [1.165, 1.54) is 0 Å². The average Bonchev–Trinajstić information content (AvgIpc) is 2.02. The summed E-state index contributed by atoms with van der Waals surface area (Å²) in [5, 5.41) is 2.80. The van der Waals surface area contributed by atoms with E-state index in [2.05, 4.69) is 19.2 Å². The second kappa shape index (κ2) is 6.00. The van der Waals surface area contributed by atoms with Gasteiger partial charge < -0.3 is 11.1 Å². The Hall–Kier alpha value is -0.570. The molecule has 0 aromatic heterocycles. The Labute approximate surface area is 74.7 Å². The van der Waals surface area contributed by atoms with Gasteiger partial charge in [0.2, 0.25) is 5.91 Å². The Morgan fingerprint density at radius 3 is 2.50 bits per heavy atom. The van der Waals surface area contributed by atoms with Crippen LogP contribution >= 0.6 is 0 Å². The van der Waals surface area contributed by atoms with E-state index in [-0.39, 0.29) is 11.9 Å². The van der Waals surface area contributed by atoms with Crippen LogP contribution in [0.5, 0.6) is 0 Å². The number of hydrogen-bond acceptors (Lipinski definition) is 2. The summed E-state index contributed by atoms with van der Waals surface area (Å²) in [6.45, 7) is 6.91. The van der Waals surface area contributed by atoms with Crippen molar-refractivity contribution in [3.05, 3.63) is 0 Å². The summed E-state index contributed by atoms with van der Waals surface area (Å²) in [6.07, 6.45) is 1.72. The Balaban J connectivity index is 3.44. The maximum Gasteiger partial charge on any atom is 0.236 e. The van der Waals surface area contributed by atoms with E-state index < -0.39 is 0 Å². The SMILES string of the molecule is CC[C@H](N)C(=O)NCCC(C)C. The fourth-order valence-corrected chi connectivity index (χ4v) is 0.801. The first kappa shape index (κ1) is 11.4. The second-order valence-corrected chi connectivity index (χ2v) is 3.49. The standard InChI is InChI=1S/C9H20N2O/c1-4-8(10)9(12)11-6-5-7(2)3/h7-8H,4-6,10H2,1-3H3,(H,11,12)/t8-/m0/s1. The van der Waals surface area contributed by atoms with Crippen LogP contribution in [0.25, 0.3) is 0 Å². The van der Waals surface area contributed by atoms with Crippen molar-refractivity contribution in [1.29, 1.82) is 0 Å². The van der Waals surface area contributed by atoms with Crippen LogP contribution in [0, 0.1) is 5.92 Å². The van der Waals surface area contributed by atoms with Gasteiger partial charge in [0.15, 0.2) is 0 Å². The largest absolute Gasteiger partial charge is 0.355 e. The van der Waals surface area contributed by atoms with Crippen LogP contribution < -0.4 is 11.1 Å². The molecule has 0 aromatic carbocycles. The van der Waals surface area contributed by atoms with Crippen LogP contribution in [-0.2, 0) is 4.79 Å². The van der Waals surface area contributed by atoms with E-state index >= 15 is 0 Å². The van der Waals surface area contributed by atoms with E-state index in [1.54, 1.807) is 0 Å². The van der Waals surface area contributed by atoms with Crippen molar-refractivity contribution in [2.75, 3.05) is 6.54 Å². The van der Waals surface area contributed by atoms with Crippen LogP contribution in [0.4, 0.5) is 0 Å². The highest BCUT2D eigenvalue weighted by Gasteiger charge is 2.09. The van der Waals surface area contributed by atoms with Gasteiger partial charge in [-0.2, -0.15) is 0 Å². The van der Waals surface area contributed by atoms with Crippen molar-refractivity contribution in [2.45, 2.75) is 39.7 Å². The summed E-state index contributed by atoms with van der Waals surface area (Å²) in [7, 11) is 0. The minimum absolute atomic E-state index is 0.0295. The molecule has 12 heavy (non-hydrogen) atoms. The molecule has 1 amide bonds. The van der Waals surface area contributed by atoms with E-state index in [0.29, 0.717) is 12.3 Å². The molecule has 0 saturated heterocycles. The van der Waals surface area contributed by atoms with Crippen molar-refractivity contribution in [2.24, 2.45) is 11.7 Å². The van der Waals surface area contributed by atoms with Crippen molar-refractivity contribution in [3.63, 3.8) is 0 Å². The number of hydrogen-bond donors (Lipinski definition) is 2. The van der Waals surface area contributed by atoms with Crippen molar-refractivity contribution in [3.8, 4) is 0 Å². The zero-order chi connectivity index (χ0) is 9.56. The molecule has 0 radical (unpaired) electrons. The molecule has 3 N–H and O–H groups in total. The topological polar surface area (TPSA) is 55.1 Å². The number of carbonyl (C=O) groups excluding carboxylic acids is 1. The van der Waals surface area contributed by atoms with Crippen LogP contribution in [-0.4, -0.2) is 18.5 Å². The van der Waals surface area contributed by atoms with Crippen molar-refractivity contribution >= 4 is 5.91 Å². The summed E-state index contributed by atoms with van der Waals surface area (Å²) in [5.41, 5.74) is 5.52. The van der Waals surface area contributed by atoms with Gasteiger partial charge in [0.25, 0.3) is 0 Å². The zero-order valence-electron chi connectivity index (χ0n) is 8.26. The molecule has 1 atom stereocenters. The summed E-state index contributed by atoms with van der Waals surface area (Å²) < 4.78 is 0. The van der Waals surface area contributed by atoms with Crippen LogP contribution in [0.3, 0.4) is 0 Å². The molecule has 0 aliphatic rings. The lowest BCUT2D eigenvalue weighted by Crippen LogP contribution is -2.40. The fraction of sp³-hybridized carbons (Fsp3) is 0.889. The molecule has 0 spiro atoms. The number of nitrogens with two attached hydrogens (primary N) is 1. The van der Waals surface area contributed by atoms with Gasteiger partial charge in [-0.1, -0.05) is 20.8 Å². The Kier molecular flexibility index (Phi) is 5.72. The minimum atomic E-state index is -0.336. The monoisotopic (exact) mass is 172 g/mol. The van der Waals surface area contributed by atoms with Crippen LogP contribution in [0.15, 0.2) is 0 Å². The van der Waals surface area contributed by atoms with E-state index in [1.807, 2.05) is 6.92 Å². The molecule has 72 valence electrons. The number of rotatable bonds is 5. The highest BCUT2D eigenvalue weighted by atomic mass is 16.2. The maximum absolute atomic E-state index is 11.1. The Bertz CT molecular complexity index is 134. The highest BCUT2D eigenvalue weighted by Crippen LogP contribution is 1.96. The summed E-state index contributed by atoms with van der Waals surface area (Å²) >= 11 is 0. The first-order valence-corrected chi connectivity index (χ1v) is 4.61. The highest BCUT2D eigenvalue weighted by molar-refractivity contribution is 5.81. The van der Waals surface area contributed by atoms with E-state index in [0.717, 1.165) is 13.0 Å². The molecular weight excluding hydrogens is 152 g/mol. The molecule has 3 heteroatoms. The van der Waals surface area contributed by atoms with Crippen molar-refractivity contribution in [1.82, 2.24) is 5.32 Å². The molecule has 0 saturated carbocycles. The van der Waals surface area contributed by atoms with Gasteiger partial charge in [-0.15, -0.1) is 0 Å². The van der Waals surface area contributed by atoms with Crippen LogP contribution in [0.1, 0.15) is 33.6 Å². The molecule has 0 aliphatic carbocycles. The third kappa shape index (κ3) is 5.13. The normalized spacial score (nSPS) is 13.1. The van der Waals surface area contributed by atoms with E-state index in [9.17, 15) is 4.79 Å². The van der Waals surface area contributed by atoms with Gasteiger partial charge >= 0.3 is 0 Å². The number of amides is 1. The first-order valence-electron chi connectivity index (χ1n) is 4.61. The lowest BCUT2D eigenvalue weighted by molar-refractivity contribution is -0.122. The molecule has 0 rings (SSSR count). The smallest absolute Gasteiger partial charge is 0.236 e. The molecule has 0 heterocycles. The van der Waals surface area contributed by atoms with Gasteiger partial charge in [0.05, 0.1) is 6.04 Å².